The fourth-order valence-corrected chi connectivity index (χ4v) is 3.03. The van der Waals surface area contributed by atoms with Gasteiger partial charge in [0.15, 0.2) is 0 Å². The SMILES string of the molecule is CCn1nc(C)c(C(C)Nc2ccc(C)c(Br)c2)c1C. The molecule has 0 bridgehead atoms. The lowest BCUT2D eigenvalue weighted by molar-refractivity contribution is 0.632. The van der Waals surface area contributed by atoms with Crippen LogP contribution in [0.3, 0.4) is 0 Å². The lowest BCUT2D eigenvalue weighted by Crippen LogP contribution is -2.09. The first kappa shape index (κ1) is 15.1. The fraction of sp³-hybridized carbons (Fsp3) is 0.438. The summed E-state index contributed by atoms with van der Waals surface area (Å²) in [6, 6.07) is 6.60. The number of nitrogens with one attached hydrogen (secondary N) is 1. The van der Waals surface area contributed by atoms with E-state index in [0.29, 0.717) is 0 Å². The van der Waals surface area contributed by atoms with Crippen LogP contribution in [0.25, 0.3) is 0 Å². The number of halogens is 1. The summed E-state index contributed by atoms with van der Waals surface area (Å²) in [4.78, 5) is 0. The molecule has 0 saturated carbocycles. The maximum Gasteiger partial charge on any atom is 0.0649 e. The Bertz CT molecular complexity index is 616. The molecule has 2 rings (SSSR count). The van der Waals surface area contributed by atoms with E-state index in [9.17, 15) is 0 Å². The lowest BCUT2D eigenvalue weighted by Gasteiger charge is -2.17. The third kappa shape index (κ3) is 2.90. The molecule has 0 aliphatic heterocycles. The Morgan fingerprint density at radius 1 is 1.30 bits per heavy atom. The summed E-state index contributed by atoms with van der Waals surface area (Å²) in [7, 11) is 0. The smallest absolute Gasteiger partial charge is 0.0649 e. The normalized spacial score (nSPS) is 12.5. The number of anilines is 1. The van der Waals surface area contributed by atoms with Gasteiger partial charge in [-0.05, 0) is 52.3 Å². The highest BCUT2D eigenvalue weighted by molar-refractivity contribution is 9.10. The molecule has 0 aliphatic rings. The monoisotopic (exact) mass is 335 g/mol. The van der Waals surface area contributed by atoms with Gasteiger partial charge >= 0.3 is 0 Å². The second-order valence-electron chi connectivity index (χ2n) is 5.23. The van der Waals surface area contributed by atoms with Crippen LogP contribution in [0.15, 0.2) is 22.7 Å². The molecule has 20 heavy (non-hydrogen) atoms. The minimum Gasteiger partial charge on any atom is -0.378 e. The summed E-state index contributed by atoms with van der Waals surface area (Å²) in [5.74, 6) is 0. The zero-order valence-electron chi connectivity index (χ0n) is 12.8. The van der Waals surface area contributed by atoms with Crippen LogP contribution in [0.4, 0.5) is 5.69 Å². The summed E-state index contributed by atoms with van der Waals surface area (Å²) in [6.07, 6.45) is 0. The van der Waals surface area contributed by atoms with Crippen molar-refractivity contribution in [3.05, 3.63) is 45.2 Å². The fourth-order valence-electron chi connectivity index (χ4n) is 2.65. The molecular formula is C16H22BrN3. The van der Waals surface area contributed by atoms with Crippen molar-refractivity contribution in [1.29, 1.82) is 0 Å². The van der Waals surface area contributed by atoms with Gasteiger partial charge in [0.25, 0.3) is 0 Å². The summed E-state index contributed by atoms with van der Waals surface area (Å²) >= 11 is 3.58. The van der Waals surface area contributed by atoms with Gasteiger partial charge in [-0.15, -0.1) is 0 Å². The molecule has 1 unspecified atom stereocenters. The second-order valence-corrected chi connectivity index (χ2v) is 6.08. The molecule has 0 saturated heterocycles. The number of nitrogens with zero attached hydrogens (tertiary/aromatic N) is 2. The topological polar surface area (TPSA) is 29.9 Å². The molecule has 1 atom stereocenters. The van der Waals surface area contributed by atoms with E-state index in [1.165, 1.54) is 16.8 Å². The highest BCUT2D eigenvalue weighted by Crippen LogP contribution is 2.27. The van der Waals surface area contributed by atoms with Gasteiger partial charge in [0.1, 0.15) is 0 Å². The Hall–Kier alpha value is -1.29. The first-order valence-corrected chi connectivity index (χ1v) is 7.80. The van der Waals surface area contributed by atoms with Crippen LogP contribution >= 0.6 is 15.9 Å². The Kier molecular flexibility index (Phi) is 4.53. The highest BCUT2D eigenvalue weighted by Gasteiger charge is 2.17. The number of aromatic nitrogens is 2. The Labute approximate surface area is 129 Å². The average Bonchev–Trinajstić information content (AvgIpc) is 2.68. The average molecular weight is 336 g/mol. The van der Waals surface area contributed by atoms with Gasteiger partial charge in [-0.3, -0.25) is 4.68 Å². The molecule has 0 aliphatic carbocycles. The Morgan fingerprint density at radius 2 is 2.00 bits per heavy atom. The molecule has 1 N–H and O–H groups in total. The number of benzene rings is 1. The number of hydrogen-bond donors (Lipinski definition) is 1. The van der Waals surface area contributed by atoms with E-state index in [1.54, 1.807) is 0 Å². The molecule has 0 amide bonds. The molecule has 1 heterocycles. The van der Waals surface area contributed by atoms with E-state index in [2.05, 4.69) is 83.8 Å². The van der Waals surface area contributed by atoms with Crippen molar-refractivity contribution < 1.29 is 0 Å². The molecule has 2 aromatic rings. The number of rotatable bonds is 4. The van der Waals surface area contributed by atoms with Gasteiger partial charge < -0.3 is 5.32 Å². The third-order valence-electron chi connectivity index (χ3n) is 3.73. The third-order valence-corrected chi connectivity index (χ3v) is 4.58. The predicted octanol–water partition coefficient (Wildman–Crippen LogP) is 4.76. The maximum atomic E-state index is 4.59. The Balaban J connectivity index is 2.25. The van der Waals surface area contributed by atoms with Gasteiger partial charge in [0.2, 0.25) is 0 Å². The standard InChI is InChI=1S/C16H22BrN3/c1-6-20-13(5)16(12(4)19-20)11(3)18-14-8-7-10(2)15(17)9-14/h7-9,11,18H,6H2,1-5H3. The van der Waals surface area contributed by atoms with E-state index in [-0.39, 0.29) is 6.04 Å². The van der Waals surface area contributed by atoms with Crippen LogP contribution in [0, 0.1) is 20.8 Å². The van der Waals surface area contributed by atoms with Crippen molar-refractivity contribution in [2.75, 3.05) is 5.32 Å². The van der Waals surface area contributed by atoms with Gasteiger partial charge in [-0.25, -0.2) is 0 Å². The zero-order chi connectivity index (χ0) is 14.9. The predicted molar refractivity (Wildman–Crippen MR) is 88.3 cm³/mol. The minimum atomic E-state index is 0.241. The van der Waals surface area contributed by atoms with Gasteiger partial charge in [-0.2, -0.15) is 5.10 Å². The van der Waals surface area contributed by atoms with Crippen LogP contribution in [0.2, 0.25) is 0 Å². The van der Waals surface area contributed by atoms with Gasteiger partial charge in [0, 0.05) is 28.0 Å². The van der Waals surface area contributed by atoms with E-state index < -0.39 is 0 Å². The Morgan fingerprint density at radius 3 is 2.55 bits per heavy atom. The summed E-state index contributed by atoms with van der Waals surface area (Å²) in [5.41, 5.74) is 6.02. The van der Waals surface area contributed by atoms with Gasteiger partial charge in [-0.1, -0.05) is 22.0 Å². The van der Waals surface area contributed by atoms with Crippen molar-refractivity contribution in [1.82, 2.24) is 9.78 Å². The minimum absolute atomic E-state index is 0.241. The number of aryl methyl sites for hydroxylation is 3. The first-order valence-electron chi connectivity index (χ1n) is 7.00. The molecule has 4 heteroatoms. The second kappa shape index (κ2) is 6.00. The number of hydrogen-bond acceptors (Lipinski definition) is 2. The highest BCUT2D eigenvalue weighted by atomic mass is 79.9. The summed E-state index contributed by atoms with van der Waals surface area (Å²) in [6.45, 7) is 11.5. The molecular weight excluding hydrogens is 314 g/mol. The molecule has 108 valence electrons. The van der Waals surface area contributed by atoms with E-state index in [1.807, 2.05) is 0 Å². The van der Waals surface area contributed by atoms with Gasteiger partial charge in [0.05, 0.1) is 11.7 Å². The maximum absolute atomic E-state index is 4.59. The zero-order valence-corrected chi connectivity index (χ0v) is 14.4. The van der Waals surface area contributed by atoms with Crippen LogP contribution in [0.5, 0.6) is 0 Å². The largest absolute Gasteiger partial charge is 0.378 e. The van der Waals surface area contributed by atoms with Crippen LogP contribution < -0.4 is 5.32 Å². The molecule has 0 fully saturated rings. The first-order chi connectivity index (χ1) is 9.43. The van der Waals surface area contributed by atoms with Crippen molar-refractivity contribution in [2.45, 2.75) is 47.2 Å². The quantitative estimate of drug-likeness (QED) is 0.872. The van der Waals surface area contributed by atoms with Crippen molar-refractivity contribution in [2.24, 2.45) is 0 Å². The van der Waals surface area contributed by atoms with E-state index in [4.69, 9.17) is 0 Å². The lowest BCUT2D eigenvalue weighted by atomic mass is 10.1. The molecule has 3 nitrogen and oxygen atoms in total. The van der Waals surface area contributed by atoms with Crippen LogP contribution in [-0.4, -0.2) is 9.78 Å². The van der Waals surface area contributed by atoms with Crippen molar-refractivity contribution in [3.8, 4) is 0 Å². The van der Waals surface area contributed by atoms with Crippen LogP contribution in [-0.2, 0) is 6.54 Å². The molecule has 0 spiro atoms. The van der Waals surface area contributed by atoms with Crippen molar-refractivity contribution in [3.63, 3.8) is 0 Å². The molecule has 1 aromatic carbocycles. The van der Waals surface area contributed by atoms with E-state index in [0.717, 1.165) is 22.4 Å². The van der Waals surface area contributed by atoms with Crippen LogP contribution in [0.1, 0.15) is 42.4 Å². The summed E-state index contributed by atoms with van der Waals surface area (Å²) in [5, 5.41) is 8.15. The van der Waals surface area contributed by atoms with E-state index >= 15 is 0 Å². The summed E-state index contributed by atoms with van der Waals surface area (Å²) < 4.78 is 3.20. The molecule has 0 radical (unpaired) electrons. The molecule has 1 aromatic heterocycles. The van der Waals surface area contributed by atoms with Crippen molar-refractivity contribution >= 4 is 21.6 Å².